The molecule has 0 unspecified atom stereocenters. The molecular weight excluding hydrogens is 442 g/mol. The molecule has 6 rings (SSSR count). The zero-order valence-corrected chi connectivity index (χ0v) is 21.1. The monoisotopic (exact) mass is 475 g/mol. The molecule has 5 heteroatoms. The lowest BCUT2D eigenvalue weighted by atomic mass is 9.88. The topological polar surface area (TPSA) is 55.1 Å². The van der Waals surface area contributed by atoms with E-state index in [0.29, 0.717) is 6.04 Å². The van der Waals surface area contributed by atoms with Crippen LogP contribution >= 0.6 is 0 Å². The van der Waals surface area contributed by atoms with E-state index in [9.17, 15) is 0 Å². The molecule has 0 atom stereocenters. The van der Waals surface area contributed by atoms with Crippen LogP contribution in [0.2, 0.25) is 0 Å². The average molecular weight is 476 g/mol. The van der Waals surface area contributed by atoms with Crippen LogP contribution in [0.25, 0.3) is 29.2 Å². The van der Waals surface area contributed by atoms with Gasteiger partial charge >= 0.3 is 0 Å². The Morgan fingerprint density at radius 3 is 2.53 bits per heavy atom. The minimum absolute atomic E-state index is 0.353. The molecule has 182 valence electrons. The zero-order valence-electron chi connectivity index (χ0n) is 21.1. The fourth-order valence-corrected chi connectivity index (χ4v) is 5.38. The van der Waals surface area contributed by atoms with Gasteiger partial charge in [0.1, 0.15) is 0 Å². The number of nitrogens with one attached hydrogen (secondary N) is 1. The second-order valence-electron chi connectivity index (χ2n) is 10.3. The van der Waals surface area contributed by atoms with Crippen LogP contribution < -0.4 is 21.4 Å². The Hall–Kier alpha value is -3.73. The number of aromatic nitrogens is 3. The van der Waals surface area contributed by atoms with Crippen LogP contribution in [0.1, 0.15) is 51.1 Å². The lowest BCUT2D eigenvalue weighted by Gasteiger charge is -2.24. The molecule has 1 aromatic heterocycles. The van der Waals surface area contributed by atoms with E-state index in [1.807, 2.05) is 19.2 Å². The van der Waals surface area contributed by atoms with E-state index in [-0.39, 0.29) is 0 Å². The van der Waals surface area contributed by atoms with Crippen molar-refractivity contribution in [2.24, 2.45) is 10.9 Å². The van der Waals surface area contributed by atoms with Gasteiger partial charge in [0.05, 0.1) is 51.1 Å². The van der Waals surface area contributed by atoms with Crippen LogP contribution in [-0.4, -0.2) is 20.6 Å². The van der Waals surface area contributed by atoms with E-state index in [1.165, 1.54) is 18.2 Å². The minimum Gasteiger partial charge on any atom is -0.352 e. The largest absolute Gasteiger partial charge is 0.352 e. The maximum absolute atomic E-state index is 5.32. The van der Waals surface area contributed by atoms with Gasteiger partial charge in [-0.1, -0.05) is 37.3 Å². The maximum atomic E-state index is 5.32. The highest BCUT2D eigenvalue weighted by Gasteiger charge is 2.20. The van der Waals surface area contributed by atoms with Gasteiger partial charge in [-0.05, 0) is 87.8 Å². The van der Waals surface area contributed by atoms with E-state index in [4.69, 9.17) is 9.98 Å². The quantitative estimate of drug-likeness (QED) is 0.438. The Morgan fingerprint density at radius 1 is 0.944 bits per heavy atom. The van der Waals surface area contributed by atoms with Gasteiger partial charge < -0.3 is 9.88 Å². The van der Waals surface area contributed by atoms with E-state index >= 15 is 0 Å². The molecule has 36 heavy (non-hydrogen) atoms. The summed E-state index contributed by atoms with van der Waals surface area (Å²) in [6.45, 7) is 4.36. The minimum atomic E-state index is 0.353. The highest BCUT2D eigenvalue weighted by Crippen LogP contribution is 2.27. The number of hydrogen-bond donors (Lipinski definition) is 1. The standard InChI is InChI=1S/C31H33N5/c1-21-12-15-23(16-13-21)33-28-19-31-29(18-27(28)34-24-17-14-22(2)32-20-24)35-26-10-6-7-11-30(26)36(31)25-8-4-3-5-9-25/h3-5,8-11,14,17-21,23,34H,6-7,12-13,15-16H2,1-2H3. The van der Waals surface area contributed by atoms with Crippen molar-refractivity contribution in [1.29, 1.82) is 0 Å². The van der Waals surface area contributed by atoms with Crippen molar-refractivity contribution < 1.29 is 0 Å². The lowest BCUT2D eigenvalue weighted by Crippen LogP contribution is -2.40. The third-order valence-corrected chi connectivity index (χ3v) is 7.43. The van der Waals surface area contributed by atoms with Gasteiger partial charge in [-0.25, -0.2) is 4.98 Å². The highest BCUT2D eigenvalue weighted by molar-refractivity contribution is 5.70. The van der Waals surface area contributed by atoms with Crippen molar-refractivity contribution in [2.45, 2.75) is 58.4 Å². The Bertz CT molecular complexity index is 1530. The molecule has 1 fully saturated rings. The molecule has 2 heterocycles. The molecule has 1 aromatic carbocycles. The summed E-state index contributed by atoms with van der Waals surface area (Å²) < 4.78 is 2.35. The molecule has 1 N–H and O–H groups in total. The molecule has 4 aliphatic rings. The van der Waals surface area contributed by atoms with Gasteiger partial charge in [-0.3, -0.25) is 9.98 Å². The molecule has 1 saturated carbocycles. The molecule has 2 aromatic rings. The van der Waals surface area contributed by atoms with Crippen molar-refractivity contribution in [3.05, 3.63) is 82.5 Å². The molecule has 0 bridgehead atoms. The van der Waals surface area contributed by atoms with Gasteiger partial charge in [0.15, 0.2) is 0 Å². The summed E-state index contributed by atoms with van der Waals surface area (Å²) in [4.78, 5) is 14.9. The van der Waals surface area contributed by atoms with Crippen molar-refractivity contribution >= 4 is 23.5 Å². The SMILES string of the molecule is Cc1ccc(Nc2cc3nc4c(n(-c5ccccc5)c-3cc2=NC2CCC(C)CC2)=CCCC=4)cn1. The van der Waals surface area contributed by atoms with Gasteiger partial charge in [-0.15, -0.1) is 0 Å². The summed E-state index contributed by atoms with van der Waals surface area (Å²) in [5.74, 6) is 0.798. The molecule has 5 nitrogen and oxygen atoms in total. The number of pyridine rings is 1. The third kappa shape index (κ3) is 4.58. The van der Waals surface area contributed by atoms with Gasteiger partial charge in [-0.2, -0.15) is 0 Å². The number of fused-ring (bicyclic) bond motifs is 2. The first-order valence-electron chi connectivity index (χ1n) is 13.2. The number of benzene rings is 2. The number of hydrogen-bond acceptors (Lipinski definition) is 4. The Morgan fingerprint density at radius 2 is 1.75 bits per heavy atom. The second kappa shape index (κ2) is 9.73. The molecule has 0 spiro atoms. The maximum Gasteiger partial charge on any atom is 0.0900 e. The third-order valence-electron chi connectivity index (χ3n) is 7.43. The molecule has 0 saturated heterocycles. The van der Waals surface area contributed by atoms with Crippen molar-refractivity contribution in [2.75, 3.05) is 5.32 Å². The summed E-state index contributed by atoms with van der Waals surface area (Å²) in [6.07, 6.45) is 13.3. The van der Waals surface area contributed by atoms with Crippen LogP contribution in [0.5, 0.6) is 0 Å². The lowest BCUT2D eigenvalue weighted by molar-refractivity contribution is 0.346. The first-order chi connectivity index (χ1) is 17.6. The number of para-hydroxylation sites is 1. The van der Waals surface area contributed by atoms with Crippen molar-refractivity contribution in [3.8, 4) is 17.1 Å². The number of aryl methyl sites for hydroxylation is 1. The molecular formula is C31H33N5. The van der Waals surface area contributed by atoms with Crippen molar-refractivity contribution in [3.63, 3.8) is 0 Å². The molecule has 0 amide bonds. The van der Waals surface area contributed by atoms with Gasteiger partial charge in [0, 0.05) is 11.4 Å². The van der Waals surface area contributed by atoms with E-state index in [2.05, 4.69) is 82.5 Å². The van der Waals surface area contributed by atoms with Crippen LogP contribution in [0, 0.1) is 12.8 Å². The first kappa shape index (κ1) is 22.7. The van der Waals surface area contributed by atoms with Crippen LogP contribution in [0.4, 0.5) is 11.4 Å². The summed E-state index contributed by atoms with van der Waals surface area (Å²) in [5, 5.41) is 6.82. The van der Waals surface area contributed by atoms with Gasteiger partial charge in [0.25, 0.3) is 0 Å². The first-order valence-corrected chi connectivity index (χ1v) is 13.2. The zero-order chi connectivity index (χ0) is 24.5. The van der Waals surface area contributed by atoms with Crippen LogP contribution in [0.15, 0.2) is 65.8 Å². The predicted octanol–water partition coefficient (Wildman–Crippen LogP) is 5.26. The Balaban J connectivity index is 1.59. The summed E-state index contributed by atoms with van der Waals surface area (Å²) in [7, 11) is 0. The molecule has 0 radical (unpaired) electrons. The predicted molar refractivity (Wildman–Crippen MR) is 147 cm³/mol. The Kier molecular flexibility index (Phi) is 6.14. The summed E-state index contributed by atoms with van der Waals surface area (Å²) in [5.41, 5.74) is 6.14. The molecule has 1 aliphatic heterocycles. The fourth-order valence-electron chi connectivity index (χ4n) is 5.38. The van der Waals surface area contributed by atoms with Crippen LogP contribution in [-0.2, 0) is 0 Å². The van der Waals surface area contributed by atoms with E-state index < -0.39 is 0 Å². The number of anilines is 2. The summed E-state index contributed by atoms with van der Waals surface area (Å²) in [6, 6.07) is 19.5. The van der Waals surface area contributed by atoms with Gasteiger partial charge in [0.2, 0.25) is 0 Å². The van der Waals surface area contributed by atoms with E-state index in [1.54, 1.807) is 0 Å². The fraction of sp³-hybridized carbons (Fsp3) is 0.323. The van der Waals surface area contributed by atoms with E-state index in [0.717, 1.165) is 76.5 Å². The normalized spacial score (nSPS) is 19.9. The number of nitrogens with zero attached hydrogens (tertiary/aromatic N) is 4. The second-order valence-corrected chi connectivity index (χ2v) is 10.3. The summed E-state index contributed by atoms with van der Waals surface area (Å²) >= 11 is 0. The Labute approximate surface area is 212 Å². The molecule has 3 aliphatic carbocycles. The average Bonchev–Trinajstić information content (AvgIpc) is 2.91. The smallest absolute Gasteiger partial charge is 0.0900 e. The van der Waals surface area contributed by atoms with Crippen LogP contribution in [0.3, 0.4) is 0 Å². The van der Waals surface area contributed by atoms with Crippen molar-refractivity contribution in [1.82, 2.24) is 14.5 Å². The number of rotatable bonds is 4. The highest BCUT2D eigenvalue weighted by atomic mass is 15.0.